The summed E-state index contributed by atoms with van der Waals surface area (Å²) < 4.78 is 25.1. The van der Waals surface area contributed by atoms with Crippen LogP contribution in [0.25, 0.3) is 0 Å². The monoisotopic (exact) mass is 706 g/mol. The highest BCUT2D eigenvalue weighted by Crippen LogP contribution is 2.39. The minimum Gasteiger partial charge on any atom is -0.463 e. The normalized spacial score (nSPS) is 40.2. The summed E-state index contributed by atoms with van der Waals surface area (Å²) in [6.45, 7) is 16.2. The zero-order valence-corrected chi connectivity index (χ0v) is 32.4. The molecule has 4 aliphatic heterocycles. The van der Waals surface area contributed by atoms with E-state index in [9.17, 15) is 19.5 Å². The van der Waals surface area contributed by atoms with Gasteiger partial charge in [0.15, 0.2) is 12.1 Å². The molecule has 286 valence electrons. The molecule has 5 fully saturated rings. The third-order valence-corrected chi connectivity index (χ3v) is 12.5. The highest BCUT2D eigenvalue weighted by molar-refractivity contribution is 6.04. The van der Waals surface area contributed by atoms with Gasteiger partial charge in [-0.05, 0) is 99.3 Å². The van der Waals surface area contributed by atoms with Crippen molar-refractivity contribution in [1.82, 2.24) is 19.6 Å². The van der Waals surface area contributed by atoms with E-state index in [2.05, 4.69) is 23.8 Å². The maximum atomic E-state index is 14.3. The van der Waals surface area contributed by atoms with E-state index in [1.54, 1.807) is 27.9 Å². The average molecular weight is 707 g/mol. The number of carbonyl (C=O) groups excluding carboxylic acids is 3. The van der Waals surface area contributed by atoms with Crippen LogP contribution in [0.15, 0.2) is 0 Å². The predicted octanol–water partition coefficient (Wildman–Crippen LogP) is 2.51. The number of rotatable bonds is 8. The zero-order valence-electron chi connectivity index (χ0n) is 32.4. The van der Waals surface area contributed by atoms with Gasteiger partial charge in [0.1, 0.15) is 18.1 Å². The van der Waals surface area contributed by atoms with Crippen molar-refractivity contribution in [2.24, 2.45) is 35.0 Å². The number of hydrogen-bond acceptors (Lipinski definition) is 11. The van der Waals surface area contributed by atoms with Crippen molar-refractivity contribution in [3.05, 3.63) is 0 Å². The third-order valence-electron chi connectivity index (χ3n) is 12.5. The number of cyclic esters (lactones) is 1. The molecule has 0 aromatic rings. The Bertz CT molecular complexity index is 1210. The Labute approximate surface area is 300 Å². The molecule has 4 heterocycles. The molecule has 5 aliphatic rings. The SMILES string of the molecule is CO[C@]1(C)C[C@@H](C)CN(C)C(C2CN(C(=O)C3CCN(CC4CC4)C3)C2)COC(=O)C(C)(C)C(=O)[C@H](C)[C@H]1O[C@@H]1O[C@H](C)C[C@H](N(C)C)[C@H]1O. The Balaban J connectivity index is 1.32. The summed E-state index contributed by atoms with van der Waals surface area (Å²) in [4.78, 5) is 50.2. The molecule has 50 heavy (non-hydrogen) atoms. The maximum absolute atomic E-state index is 14.3. The molecule has 5 rings (SSSR count). The predicted molar refractivity (Wildman–Crippen MR) is 189 cm³/mol. The van der Waals surface area contributed by atoms with Crippen LogP contribution < -0.4 is 0 Å². The molecule has 1 amide bonds. The molecular weight excluding hydrogens is 640 g/mol. The number of likely N-dealkylation sites (tertiary alicyclic amines) is 2. The van der Waals surface area contributed by atoms with E-state index in [0.29, 0.717) is 32.5 Å². The van der Waals surface area contributed by atoms with E-state index in [1.807, 2.05) is 37.7 Å². The summed E-state index contributed by atoms with van der Waals surface area (Å²) in [6.07, 6.45) is 1.85. The number of nitrogens with zero attached hydrogens (tertiary/aromatic N) is 4. The van der Waals surface area contributed by atoms with Crippen LogP contribution >= 0.6 is 0 Å². The van der Waals surface area contributed by atoms with Gasteiger partial charge in [-0.25, -0.2) is 0 Å². The molecule has 10 atom stereocenters. The van der Waals surface area contributed by atoms with Gasteiger partial charge in [-0.2, -0.15) is 0 Å². The van der Waals surface area contributed by atoms with Gasteiger partial charge in [0.2, 0.25) is 5.91 Å². The van der Waals surface area contributed by atoms with Gasteiger partial charge in [0.25, 0.3) is 0 Å². The maximum Gasteiger partial charge on any atom is 0.319 e. The Hall–Kier alpha value is -1.67. The lowest BCUT2D eigenvalue weighted by Gasteiger charge is -2.48. The van der Waals surface area contributed by atoms with Crippen molar-refractivity contribution >= 4 is 17.7 Å². The summed E-state index contributed by atoms with van der Waals surface area (Å²) in [7, 11) is 7.52. The molecule has 0 spiro atoms. The zero-order chi connectivity index (χ0) is 36.7. The van der Waals surface area contributed by atoms with Crippen molar-refractivity contribution in [2.75, 3.05) is 74.1 Å². The molecule has 0 radical (unpaired) electrons. The Morgan fingerprint density at radius 2 is 1.72 bits per heavy atom. The topological polar surface area (TPSA) is 121 Å². The van der Waals surface area contributed by atoms with E-state index >= 15 is 0 Å². The van der Waals surface area contributed by atoms with E-state index in [-0.39, 0.29) is 54.2 Å². The van der Waals surface area contributed by atoms with Gasteiger partial charge in [0, 0.05) is 63.8 Å². The molecule has 1 N–H and O–H groups in total. The van der Waals surface area contributed by atoms with Crippen molar-refractivity contribution in [3.63, 3.8) is 0 Å². The molecule has 0 bridgehead atoms. The summed E-state index contributed by atoms with van der Waals surface area (Å²) in [6, 6.07) is -0.298. The summed E-state index contributed by atoms with van der Waals surface area (Å²) in [5.41, 5.74) is -2.41. The number of methoxy groups -OCH3 is 1. The van der Waals surface area contributed by atoms with E-state index in [1.165, 1.54) is 12.8 Å². The molecule has 2 unspecified atom stereocenters. The van der Waals surface area contributed by atoms with Gasteiger partial charge in [-0.3, -0.25) is 19.3 Å². The van der Waals surface area contributed by atoms with Gasteiger partial charge >= 0.3 is 5.97 Å². The van der Waals surface area contributed by atoms with Crippen LogP contribution in [0.2, 0.25) is 0 Å². The second-order valence-electron chi connectivity index (χ2n) is 17.5. The highest BCUT2D eigenvalue weighted by atomic mass is 16.7. The fraction of sp³-hybridized carbons (Fsp3) is 0.921. The van der Waals surface area contributed by atoms with E-state index in [4.69, 9.17) is 18.9 Å². The first-order valence-corrected chi connectivity index (χ1v) is 19.1. The number of hydrogen-bond donors (Lipinski definition) is 1. The average Bonchev–Trinajstić information content (AvgIpc) is 3.73. The Kier molecular flexibility index (Phi) is 12.4. The number of carbonyl (C=O) groups is 3. The number of ketones is 1. The van der Waals surface area contributed by atoms with Crippen LogP contribution in [0.4, 0.5) is 0 Å². The Morgan fingerprint density at radius 1 is 1.04 bits per heavy atom. The summed E-state index contributed by atoms with van der Waals surface area (Å²) >= 11 is 0. The summed E-state index contributed by atoms with van der Waals surface area (Å²) in [5.74, 6) is -0.287. The van der Waals surface area contributed by atoms with Crippen molar-refractivity contribution in [3.8, 4) is 0 Å². The van der Waals surface area contributed by atoms with Crippen LogP contribution in [0.5, 0.6) is 0 Å². The van der Waals surface area contributed by atoms with Gasteiger partial charge in [0.05, 0.1) is 23.7 Å². The van der Waals surface area contributed by atoms with Crippen LogP contribution in [-0.2, 0) is 33.3 Å². The first-order chi connectivity index (χ1) is 23.4. The van der Waals surface area contributed by atoms with Crippen LogP contribution in [0.1, 0.15) is 73.6 Å². The number of esters is 1. The molecule has 1 aliphatic carbocycles. The first kappa shape index (κ1) is 39.5. The molecule has 12 heteroatoms. The highest BCUT2D eigenvalue weighted by Gasteiger charge is 2.52. The smallest absolute Gasteiger partial charge is 0.319 e. The number of Topliss-reactive ketones (excluding diaryl/α,β-unsaturated/α-hetero) is 1. The van der Waals surface area contributed by atoms with Gasteiger partial charge in [-0.1, -0.05) is 13.8 Å². The number of ether oxygens (including phenoxy) is 4. The minimum atomic E-state index is -1.46. The van der Waals surface area contributed by atoms with Crippen molar-refractivity contribution in [2.45, 2.75) is 116 Å². The molecule has 0 aromatic heterocycles. The van der Waals surface area contributed by atoms with Crippen LogP contribution in [0, 0.1) is 35.0 Å². The number of amides is 1. The number of likely N-dealkylation sites (N-methyl/N-ethyl adjacent to an activating group) is 2. The molecule has 4 saturated heterocycles. The van der Waals surface area contributed by atoms with E-state index in [0.717, 1.165) is 32.0 Å². The number of aliphatic hydroxyl groups is 1. The molecular formula is C38H66N4O8. The fourth-order valence-corrected chi connectivity index (χ4v) is 9.12. The van der Waals surface area contributed by atoms with Gasteiger partial charge < -0.3 is 38.8 Å². The standard InChI is InChI=1S/C38H66N4O8/c1-23-16-38(6,47-10)33(50-35-31(43)29(39(7)8)15-24(2)49-35)25(3)32(44)37(4,5)36(46)48-22-30(40(9)17-23)28-20-42(21-28)34(45)27-13-14-41(19-27)18-26-11-12-26/h23-31,33,35,43H,11-22H2,1-10H3/t23-,24-,25+,27?,29+,30?,31-,33-,35+,38-/m1/s1. The lowest BCUT2D eigenvalue weighted by Crippen LogP contribution is -2.60. The van der Waals surface area contributed by atoms with Crippen molar-refractivity contribution in [1.29, 1.82) is 0 Å². The summed E-state index contributed by atoms with van der Waals surface area (Å²) in [5, 5.41) is 11.4. The lowest BCUT2D eigenvalue weighted by molar-refractivity contribution is -0.295. The van der Waals surface area contributed by atoms with E-state index < -0.39 is 41.4 Å². The van der Waals surface area contributed by atoms with Crippen LogP contribution in [0.3, 0.4) is 0 Å². The first-order valence-electron chi connectivity index (χ1n) is 19.1. The molecule has 0 aromatic carbocycles. The second kappa shape index (κ2) is 15.7. The molecule has 12 nitrogen and oxygen atoms in total. The number of aliphatic hydroxyl groups excluding tert-OH is 1. The van der Waals surface area contributed by atoms with Gasteiger partial charge in [-0.15, -0.1) is 0 Å². The molecule has 1 saturated carbocycles. The largest absolute Gasteiger partial charge is 0.463 e. The van der Waals surface area contributed by atoms with Crippen molar-refractivity contribution < 1.29 is 38.4 Å². The second-order valence-corrected chi connectivity index (χ2v) is 17.5. The lowest BCUT2D eigenvalue weighted by atomic mass is 9.74. The Morgan fingerprint density at radius 3 is 2.34 bits per heavy atom. The fourth-order valence-electron chi connectivity index (χ4n) is 9.12. The quantitative estimate of drug-likeness (QED) is 0.296. The van der Waals surface area contributed by atoms with Crippen LogP contribution in [-0.4, -0.2) is 159 Å². The third kappa shape index (κ3) is 8.58. The minimum absolute atomic E-state index is 0.0677.